The van der Waals surface area contributed by atoms with Gasteiger partial charge in [-0.2, -0.15) is 5.10 Å². The van der Waals surface area contributed by atoms with Gasteiger partial charge in [0, 0.05) is 69.9 Å². The van der Waals surface area contributed by atoms with Crippen LogP contribution in [0, 0.1) is 18.3 Å². The molecule has 4 heterocycles. The van der Waals surface area contributed by atoms with Gasteiger partial charge in [-0.25, -0.2) is 9.97 Å². The van der Waals surface area contributed by atoms with Crippen LogP contribution in [0.15, 0.2) is 12.1 Å². The lowest BCUT2D eigenvalue weighted by atomic mass is 9.91. The van der Waals surface area contributed by atoms with Gasteiger partial charge < -0.3 is 20.0 Å². The third kappa shape index (κ3) is 6.43. The molecule has 0 aliphatic carbocycles. The maximum Gasteiger partial charge on any atom is 0.223 e. The lowest BCUT2D eigenvalue weighted by molar-refractivity contribution is -0.132. The molecule has 9 nitrogen and oxygen atoms in total. The fraction of sp³-hybridized carbons (Fsp3) is 0.667. The fourth-order valence-electron chi connectivity index (χ4n) is 4.50. The molecular formula is C24H38N8O. The largest absolute Gasteiger partial charge is 0.354 e. The molecule has 0 saturated carbocycles. The van der Waals surface area contributed by atoms with Gasteiger partial charge in [-0.1, -0.05) is 20.8 Å². The molecule has 2 saturated heterocycles. The Morgan fingerprint density at radius 1 is 1.12 bits per heavy atom. The minimum Gasteiger partial charge on any atom is -0.354 e. The number of amides is 1. The van der Waals surface area contributed by atoms with Crippen molar-refractivity contribution in [2.24, 2.45) is 11.3 Å². The molecule has 0 bridgehead atoms. The number of nitrogens with one attached hydrogen (secondary N) is 2. The summed E-state index contributed by atoms with van der Waals surface area (Å²) >= 11 is 0. The number of piperazine rings is 1. The first-order valence-electron chi connectivity index (χ1n) is 12.0. The summed E-state index contributed by atoms with van der Waals surface area (Å²) in [6, 6.07) is 3.99. The monoisotopic (exact) mass is 454 g/mol. The summed E-state index contributed by atoms with van der Waals surface area (Å²) in [6.07, 6.45) is 2.36. The standard InChI is InChI=1S/C24H38N8O/c1-17-12-21(29-28-17)26-20-14-22(31-10-8-30(5)9-11-31)27-19(25-20)13-18-6-7-32(16-18)23(33)15-24(2,3)4/h12,14,18H,6-11,13,15-16H2,1-5H3,(H2,25,26,27,28,29)/t18-/m1/s1. The van der Waals surface area contributed by atoms with Gasteiger partial charge in [0.25, 0.3) is 0 Å². The van der Waals surface area contributed by atoms with Crippen LogP contribution in [0.5, 0.6) is 0 Å². The average Bonchev–Trinajstić information content (AvgIpc) is 3.36. The first-order valence-corrected chi connectivity index (χ1v) is 12.0. The average molecular weight is 455 g/mol. The molecule has 0 unspecified atom stereocenters. The number of hydrogen-bond donors (Lipinski definition) is 2. The molecule has 2 aliphatic rings. The van der Waals surface area contributed by atoms with E-state index >= 15 is 0 Å². The molecular weight excluding hydrogens is 416 g/mol. The van der Waals surface area contributed by atoms with E-state index in [9.17, 15) is 4.79 Å². The Labute approximate surface area is 197 Å². The molecule has 2 aromatic rings. The lowest BCUT2D eigenvalue weighted by Crippen LogP contribution is -2.45. The number of aryl methyl sites for hydroxylation is 1. The molecule has 9 heteroatoms. The highest BCUT2D eigenvalue weighted by atomic mass is 16.2. The van der Waals surface area contributed by atoms with Gasteiger partial charge in [0.2, 0.25) is 5.91 Å². The third-order valence-corrected chi connectivity index (χ3v) is 6.34. The number of anilines is 3. The van der Waals surface area contributed by atoms with Crippen LogP contribution >= 0.6 is 0 Å². The van der Waals surface area contributed by atoms with Crippen molar-refractivity contribution >= 4 is 23.4 Å². The van der Waals surface area contributed by atoms with Gasteiger partial charge in [-0.05, 0) is 31.7 Å². The Bertz CT molecular complexity index is 958. The van der Waals surface area contributed by atoms with Crippen LogP contribution < -0.4 is 10.2 Å². The third-order valence-electron chi connectivity index (χ3n) is 6.34. The molecule has 0 radical (unpaired) electrons. The predicted molar refractivity (Wildman–Crippen MR) is 131 cm³/mol. The molecule has 33 heavy (non-hydrogen) atoms. The second kappa shape index (κ2) is 9.67. The molecule has 1 atom stereocenters. The Hall–Kier alpha value is -2.68. The van der Waals surface area contributed by atoms with E-state index in [1.165, 1.54) is 0 Å². The Balaban J connectivity index is 1.48. The predicted octanol–water partition coefficient (Wildman–Crippen LogP) is 2.83. The zero-order valence-electron chi connectivity index (χ0n) is 20.7. The molecule has 4 rings (SSSR count). The van der Waals surface area contributed by atoms with Gasteiger partial charge in [0.15, 0.2) is 5.82 Å². The SMILES string of the molecule is Cc1cc(Nc2cc(N3CCN(C)CC3)nc(C[C@H]3CCN(C(=O)CC(C)(C)C)C3)n2)n[nH]1. The number of H-pyrrole nitrogens is 1. The molecule has 1 amide bonds. The zero-order valence-corrected chi connectivity index (χ0v) is 20.7. The van der Waals surface area contributed by atoms with Crippen LogP contribution in [0.1, 0.15) is 45.1 Å². The number of likely N-dealkylation sites (tertiary alicyclic amines) is 1. The van der Waals surface area contributed by atoms with Crippen molar-refractivity contribution in [2.75, 3.05) is 56.5 Å². The Morgan fingerprint density at radius 3 is 2.55 bits per heavy atom. The van der Waals surface area contributed by atoms with Gasteiger partial charge in [0.05, 0.1) is 0 Å². The van der Waals surface area contributed by atoms with Crippen LogP contribution in [-0.4, -0.2) is 82.2 Å². The summed E-state index contributed by atoms with van der Waals surface area (Å²) in [5, 5.41) is 10.6. The summed E-state index contributed by atoms with van der Waals surface area (Å²) in [4.78, 5) is 29.1. The van der Waals surface area contributed by atoms with E-state index in [1.807, 2.05) is 24.0 Å². The van der Waals surface area contributed by atoms with Crippen LogP contribution in [-0.2, 0) is 11.2 Å². The number of aromatic nitrogens is 4. The van der Waals surface area contributed by atoms with Gasteiger partial charge in [0.1, 0.15) is 17.5 Å². The van der Waals surface area contributed by atoms with E-state index in [4.69, 9.17) is 9.97 Å². The summed E-state index contributed by atoms with van der Waals surface area (Å²) in [6.45, 7) is 13.9. The number of hydrogen-bond acceptors (Lipinski definition) is 7. The van der Waals surface area contributed by atoms with Gasteiger partial charge in [-0.15, -0.1) is 0 Å². The maximum absolute atomic E-state index is 12.7. The van der Waals surface area contributed by atoms with Crippen molar-refractivity contribution in [1.82, 2.24) is 30.0 Å². The quantitative estimate of drug-likeness (QED) is 0.693. The molecule has 180 valence electrons. The van der Waals surface area contributed by atoms with Crippen molar-refractivity contribution < 1.29 is 4.79 Å². The topological polar surface area (TPSA) is 93.3 Å². The number of likely N-dealkylation sites (N-methyl/N-ethyl adjacent to an activating group) is 1. The molecule has 2 aromatic heterocycles. The second-order valence-electron chi connectivity index (χ2n) is 10.8. The minimum atomic E-state index is 0.0142. The highest BCUT2D eigenvalue weighted by Gasteiger charge is 2.29. The van der Waals surface area contributed by atoms with Crippen molar-refractivity contribution in [3.05, 3.63) is 23.7 Å². The first kappa shape index (κ1) is 23.5. The maximum atomic E-state index is 12.7. The number of nitrogens with zero attached hydrogens (tertiary/aromatic N) is 6. The van der Waals surface area contributed by atoms with Crippen molar-refractivity contribution in [2.45, 2.75) is 47.0 Å². The van der Waals surface area contributed by atoms with Crippen molar-refractivity contribution in [1.29, 1.82) is 0 Å². The van der Waals surface area contributed by atoms with Crippen LogP contribution in [0.2, 0.25) is 0 Å². The number of carbonyl (C=O) groups excluding carboxylic acids is 1. The smallest absolute Gasteiger partial charge is 0.223 e. The summed E-state index contributed by atoms with van der Waals surface area (Å²) in [7, 11) is 2.16. The van der Waals surface area contributed by atoms with E-state index in [0.29, 0.717) is 12.3 Å². The Kier molecular flexibility index (Phi) is 6.88. The number of aromatic amines is 1. The molecule has 0 aromatic carbocycles. The van der Waals surface area contributed by atoms with Gasteiger partial charge >= 0.3 is 0 Å². The summed E-state index contributed by atoms with van der Waals surface area (Å²) in [5.41, 5.74) is 1.01. The zero-order chi connectivity index (χ0) is 23.6. The molecule has 2 fully saturated rings. The van der Waals surface area contributed by atoms with E-state index < -0.39 is 0 Å². The van der Waals surface area contributed by atoms with E-state index in [-0.39, 0.29) is 11.3 Å². The normalized spacial score (nSPS) is 19.8. The number of carbonyl (C=O) groups is 1. The molecule has 2 N–H and O–H groups in total. The molecule has 0 spiro atoms. The highest BCUT2D eigenvalue weighted by molar-refractivity contribution is 5.77. The van der Waals surface area contributed by atoms with E-state index in [2.05, 4.69) is 53.1 Å². The van der Waals surface area contributed by atoms with E-state index in [1.54, 1.807) is 0 Å². The Morgan fingerprint density at radius 2 is 1.88 bits per heavy atom. The minimum absolute atomic E-state index is 0.0142. The van der Waals surface area contributed by atoms with Crippen LogP contribution in [0.3, 0.4) is 0 Å². The first-order chi connectivity index (χ1) is 15.6. The summed E-state index contributed by atoms with van der Waals surface area (Å²) in [5.74, 6) is 3.95. The highest BCUT2D eigenvalue weighted by Crippen LogP contribution is 2.27. The lowest BCUT2D eigenvalue weighted by Gasteiger charge is -2.33. The summed E-state index contributed by atoms with van der Waals surface area (Å²) < 4.78 is 0. The van der Waals surface area contributed by atoms with E-state index in [0.717, 1.165) is 81.1 Å². The molecule has 2 aliphatic heterocycles. The number of rotatable bonds is 6. The second-order valence-corrected chi connectivity index (χ2v) is 10.8. The van der Waals surface area contributed by atoms with Crippen molar-refractivity contribution in [3.8, 4) is 0 Å². The fourth-order valence-corrected chi connectivity index (χ4v) is 4.50. The van der Waals surface area contributed by atoms with Crippen LogP contribution in [0.25, 0.3) is 0 Å². The van der Waals surface area contributed by atoms with Crippen LogP contribution in [0.4, 0.5) is 17.5 Å². The van der Waals surface area contributed by atoms with Crippen molar-refractivity contribution in [3.63, 3.8) is 0 Å². The van der Waals surface area contributed by atoms with Gasteiger partial charge in [-0.3, -0.25) is 9.89 Å².